The van der Waals surface area contributed by atoms with Crippen LogP contribution in [-0.2, 0) is 11.3 Å². The summed E-state index contributed by atoms with van der Waals surface area (Å²) in [6, 6.07) is 3.61. The molecule has 2 fully saturated rings. The van der Waals surface area contributed by atoms with Crippen LogP contribution in [0.4, 0.5) is 4.79 Å². The molecule has 2 aliphatic rings. The molecule has 126 valence electrons. The summed E-state index contributed by atoms with van der Waals surface area (Å²) in [7, 11) is 0. The predicted molar refractivity (Wildman–Crippen MR) is 85.6 cm³/mol. The van der Waals surface area contributed by atoms with Crippen molar-refractivity contribution >= 4 is 11.9 Å². The van der Waals surface area contributed by atoms with E-state index in [-0.39, 0.29) is 18.5 Å². The van der Waals surface area contributed by atoms with Crippen molar-refractivity contribution in [2.75, 3.05) is 13.1 Å². The third-order valence-electron chi connectivity index (χ3n) is 4.97. The molecule has 1 saturated carbocycles. The summed E-state index contributed by atoms with van der Waals surface area (Å²) in [5.41, 5.74) is 0. The minimum Gasteiger partial charge on any atom is -0.467 e. The van der Waals surface area contributed by atoms with Gasteiger partial charge in [-0.25, -0.2) is 4.79 Å². The first-order valence-corrected chi connectivity index (χ1v) is 8.57. The van der Waals surface area contributed by atoms with E-state index < -0.39 is 0 Å². The van der Waals surface area contributed by atoms with Crippen LogP contribution in [0.3, 0.4) is 0 Å². The number of furan rings is 1. The molecule has 23 heavy (non-hydrogen) atoms. The molecule has 2 N–H and O–H groups in total. The molecule has 1 aromatic rings. The van der Waals surface area contributed by atoms with E-state index in [1.54, 1.807) is 18.4 Å². The van der Waals surface area contributed by atoms with Crippen LogP contribution in [0.2, 0.25) is 0 Å². The summed E-state index contributed by atoms with van der Waals surface area (Å²) >= 11 is 0. The molecular formula is C17H25N3O3. The minimum atomic E-state index is -0.341. The molecule has 6 heteroatoms. The van der Waals surface area contributed by atoms with Crippen molar-refractivity contribution in [3.63, 3.8) is 0 Å². The van der Waals surface area contributed by atoms with Crippen LogP contribution in [0.5, 0.6) is 0 Å². The topological polar surface area (TPSA) is 74.6 Å². The maximum absolute atomic E-state index is 12.4. The van der Waals surface area contributed by atoms with E-state index in [4.69, 9.17) is 4.42 Å². The zero-order chi connectivity index (χ0) is 16.1. The van der Waals surface area contributed by atoms with Crippen LogP contribution in [0.15, 0.2) is 22.8 Å². The van der Waals surface area contributed by atoms with Crippen LogP contribution >= 0.6 is 0 Å². The molecule has 1 atom stereocenters. The average Bonchev–Trinajstić information content (AvgIpc) is 3.31. The van der Waals surface area contributed by atoms with E-state index in [1.165, 1.54) is 25.7 Å². The zero-order valence-corrected chi connectivity index (χ0v) is 13.4. The molecule has 0 radical (unpaired) electrons. The van der Waals surface area contributed by atoms with Crippen LogP contribution in [-0.4, -0.2) is 36.0 Å². The number of likely N-dealkylation sites (tertiary alicyclic amines) is 1. The van der Waals surface area contributed by atoms with Crippen molar-refractivity contribution < 1.29 is 14.0 Å². The summed E-state index contributed by atoms with van der Waals surface area (Å²) in [5, 5.41) is 5.33. The Hall–Kier alpha value is -1.98. The van der Waals surface area contributed by atoms with Crippen LogP contribution < -0.4 is 10.6 Å². The highest BCUT2D eigenvalue weighted by Crippen LogP contribution is 2.35. The number of rotatable bonds is 5. The molecule has 1 aromatic heterocycles. The Labute approximate surface area is 136 Å². The van der Waals surface area contributed by atoms with Gasteiger partial charge in [0.15, 0.2) is 0 Å². The van der Waals surface area contributed by atoms with Crippen LogP contribution in [0, 0.1) is 5.92 Å². The Morgan fingerprint density at radius 1 is 1.17 bits per heavy atom. The Bertz CT molecular complexity index is 523. The van der Waals surface area contributed by atoms with Gasteiger partial charge in [0.25, 0.3) is 0 Å². The number of carbonyl (C=O) groups is 2. The first-order valence-electron chi connectivity index (χ1n) is 8.57. The van der Waals surface area contributed by atoms with Gasteiger partial charge in [-0.2, -0.15) is 0 Å². The largest absolute Gasteiger partial charge is 0.467 e. The quantitative estimate of drug-likeness (QED) is 0.874. The van der Waals surface area contributed by atoms with Crippen molar-refractivity contribution in [1.29, 1.82) is 0 Å². The van der Waals surface area contributed by atoms with Gasteiger partial charge in [-0.1, -0.05) is 12.8 Å². The summed E-state index contributed by atoms with van der Waals surface area (Å²) < 4.78 is 5.14. The average molecular weight is 319 g/mol. The molecule has 0 bridgehead atoms. The molecule has 1 aliphatic heterocycles. The lowest BCUT2D eigenvalue weighted by Gasteiger charge is -2.29. The highest BCUT2D eigenvalue weighted by Gasteiger charge is 2.35. The standard InChI is InChI=1S/C17H25N3O3/c21-16(12-19-17(22)18-11-14-7-4-10-23-14)20-9-3-8-15(20)13-5-1-2-6-13/h4,7,10,13,15H,1-3,5-6,8-9,11-12H2,(H2,18,19,22)/t15-/m0/s1. The van der Waals surface area contributed by atoms with Crippen molar-refractivity contribution in [2.45, 2.75) is 51.1 Å². The minimum absolute atomic E-state index is 0.0348. The van der Waals surface area contributed by atoms with Gasteiger partial charge in [0, 0.05) is 12.6 Å². The second kappa shape index (κ2) is 7.53. The van der Waals surface area contributed by atoms with Gasteiger partial charge in [0.2, 0.25) is 5.91 Å². The maximum atomic E-state index is 12.4. The first kappa shape index (κ1) is 15.9. The SMILES string of the molecule is O=C(NCC(=O)N1CCC[C@H]1C1CCCC1)NCc1ccco1. The third-order valence-corrected chi connectivity index (χ3v) is 4.97. The fourth-order valence-corrected chi connectivity index (χ4v) is 3.83. The molecule has 2 heterocycles. The van der Waals surface area contributed by atoms with Gasteiger partial charge in [0.05, 0.1) is 19.4 Å². The maximum Gasteiger partial charge on any atom is 0.315 e. The number of nitrogens with zero attached hydrogens (tertiary/aromatic N) is 1. The zero-order valence-electron chi connectivity index (χ0n) is 13.4. The van der Waals surface area contributed by atoms with E-state index in [2.05, 4.69) is 10.6 Å². The molecule has 3 rings (SSSR count). The predicted octanol–water partition coefficient (Wildman–Crippen LogP) is 2.26. The van der Waals surface area contributed by atoms with Crippen LogP contribution in [0.25, 0.3) is 0 Å². The van der Waals surface area contributed by atoms with E-state index in [0.29, 0.717) is 24.3 Å². The third kappa shape index (κ3) is 4.06. The number of hydrogen-bond donors (Lipinski definition) is 2. The molecule has 0 unspecified atom stereocenters. The van der Waals surface area contributed by atoms with Gasteiger partial charge in [-0.05, 0) is 43.7 Å². The fraction of sp³-hybridized carbons (Fsp3) is 0.647. The van der Waals surface area contributed by atoms with Crippen molar-refractivity contribution in [3.05, 3.63) is 24.2 Å². The molecule has 1 saturated heterocycles. The van der Waals surface area contributed by atoms with E-state index in [9.17, 15) is 9.59 Å². The van der Waals surface area contributed by atoms with Crippen LogP contribution in [0.1, 0.15) is 44.3 Å². The van der Waals surface area contributed by atoms with Gasteiger partial charge >= 0.3 is 6.03 Å². The second-order valence-electron chi connectivity index (χ2n) is 6.46. The first-order chi connectivity index (χ1) is 11.2. The van der Waals surface area contributed by atoms with Gasteiger partial charge < -0.3 is 20.0 Å². The lowest BCUT2D eigenvalue weighted by atomic mass is 9.96. The van der Waals surface area contributed by atoms with E-state index in [1.807, 2.05) is 4.90 Å². The van der Waals surface area contributed by atoms with Crippen molar-refractivity contribution in [1.82, 2.24) is 15.5 Å². The number of hydrogen-bond acceptors (Lipinski definition) is 3. The smallest absolute Gasteiger partial charge is 0.315 e. The highest BCUT2D eigenvalue weighted by molar-refractivity contribution is 5.84. The molecule has 0 aromatic carbocycles. The molecule has 1 aliphatic carbocycles. The summed E-state index contributed by atoms with van der Waals surface area (Å²) in [5.74, 6) is 1.38. The normalized spacial score (nSPS) is 21.6. The molecular weight excluding hydrogens is 294 g/mol. The second-order valence-corrected chi connectivity index (χ2v) is 6.46. The molecule has 6 nitrogen and oxygen atoms in total. The Kier molecular flexibility index (Phi) is 5.20. The number of amides is 3. The molecule has 3 amide bonds. The Balaban J connectivity index is 1.42. The van der Waals surface area contributed by atoms with Gasteiger partial charge in [-0.15, -0.1) is 0 Å². The lowest BCUT2D eigenvalue weighted by molar-refractivity contribution is -0.131. The number of nitrogens with one attached hydrogen (secondary N) is 2. The van der Waals surface area contributed by atoms with Gasteiger partial charge in [0.1, 0.15) is 5.76 Å². The monoisotopic (exact) mass is 319 g/mol. The van der Waals surface area contributed by atoms with Gasteiger partial charge in [-0.3, -0.25) is 4.79 Å². The van der Waals surface area contributed by atoms with Crippen molar-refractivity contribution in [3.8, 4) is 0 Å². The van der Waals surface area contributed by atoms with Crippen molar-refractivity contribution in [2.24, 2.45) is 5.92 Å². The summed E-state index contributed by atoms with van der Waals surface area (Å²) in [6.45, 7) is 1.21. The number of carbonyl (C=O) groups excluding carboxylic acids is 2. The fourth-order valence-electron chi connectivity index (χ4n) is 3.83. The Morgan fingerprint density at radius 3 is 2.74 bits per heavy atom. The number of urea groups is 1. The Morgan fingerprint density at radius 2 is 2.00 bits per heavy atom. The lowest BCUT2D eigenvalue weighted by Crippen LogP contribution is -2.46. The van der Waals surface area contributed by atoms with E-state index >= 15 is 0 Å². The summed E-state index contributed by atoms with van der Waals surface area (Å²) in [6.07, 6.45) is 8.82. The van der Waals surface area contributed by atoms with E-state index in [0.717, 1.165) is 19.4 Å². The highest BCUT2D eigenvalue weighted by atomic mass is 16.3. The summed E-state index contributed by atoms with van der Waals surface area (Å²) in [4.78, 5) is 26.2. The molecule has 0 spiro atoms.